The average Bonchev–Trinajstić information content (AvgIpc) is 2.36. The molecule has 0 aliphatic heterocycles. The van der Waals surface area contributed by atoms with Crippen molar-refractivity contribution >= 4 is 30.0 Å². The summed E-state index contributed by atoms with van der Waals surface area (Å²) in [7, 11) is 3.76. The van der Waals surface area contributed by atoms with Crippen LogP contribution >= 0.6 is 12.4 Å². The average molecular weight is 317 g/mol. The Morgan fingerprint density at radius 3 is 2.52 bits per heavy atom. The molecule has 2 N–H and O–H groups in total. The van der Waals surface area contributed by atoms with Crippen LogP contribution in [0.15, 0.2) is 18.2 Å². The molecule has 21 heavy (non-hydrogen) atoms. The van der Waals surface area contributed by atoms with Crippen molar-refractivity contribution in [3.05, 3.63) is 23.8 Å². The number of hydrogen-bond donors (Lipinski definition) is 2. The highest BCUT2D eigenvalue weighted by molar-refractivity contribution is 5.95. The van der Waals surface area contributed by atoms with E-state index in [2.05, 4.69) is 5.32 Å². The number of amides is 1. The predicted molar refractivity (Wildman–Crippen MR) is 83.1 cm³/mol. The number of ether oxygens (including phenoxy) is 1. The van der Waals surface area contributed by atoms with E-state index in [1.165, 1.54) is 12.1 Å². The molecule has 1 aromatic rings. The van der Waals surface area contributed by atoms with E-state index in [-0.39, 0.29) is 36.2 Å². The number of carbonyl (C=O) groups excluding carboxylic acids is 2. The molecule has 0 saturated heterocycles. The summed E-state index contributed by atoms with van der Waals surface area (Å²) in [5.41, 5.74) is 0.525. The lowest BCUT2D eigenvalue weighted by Crippen LogP contribution is -2.20. The summed E-state index contributed by atoms with van der Waals surface area (Å²) in [6.07, 6.45) is 0.355. The van der Waals surface area contributed by atoms with Gasteiger partial charge in [0.1, 0.15) is 11.3 Å². The van der Waals surface area contributed by atoms with Crippen molar-refractivity contribution in [1.82, 2.24) is 4.90 Å². The van der Waals surface area contributed by atoms with E-state index >= 15 is 0 Å². The minimum atomic E-state index is -0.588. The van der Waals surface area contributed by atoms with Crippen LogP contribution in [-0.4, -0.2) is 49.1 Å². The Kier molecular flexibility index (Phi) is 8.42. The minimum Gasteiger partial charge on any atom is -0.507 e. The number of esters is 1. The normalized spacial score (nSPS) is 9.90. The number of hydrogen-bond acceptors (Lipinski definition) is 5. The van der Waals surface area contributed by atoms with Gasteiger partial charge < -0.3 is 20.1 Å². The maximum Gasteiger partial charge on any atom is 0.341 e. The Labute approximate surface area is 130 Å². The molecule has 1 amide bonds. The largest absolute Gasteiger partial charge is 0.507 e. The molecule has 0 bridgehead atoms. The van der Waals surface area contributed by atoms with Crippen molar-refractivity contribution < 1.29 is 19.4 Å². The van der Waals surface area contributed by atoms with Gasteiger partial charge in [0.2, 0.25) is 5.91 Å². The third kappa shape index (κ3) is 6.46. The third-order valence-corrected chi connectivity index (χ3v) is 2.56. The monoisotopic (exact) mass is 316 g/mol. The van der Waals surface area contributed by atoms with Crippen molar-refractivity contribution in [3.8, 4) is 5.75 Å². The number of halogens is 1. The van der Waals surface area contributed by atoms with Crippen molar-refractivity contribution in [2.24, 2.45) is 0 Å². The highest BCUT2D eigenvalue weighted by Gasteiger charge is 2.13. The van der Waals surface area contributed by atoms with Gasteiger partial charge in [-0.3, -0.25) is 4.79 Å². The Balaban J connectivity index is 0.00000400. The van der Waals surface area contributed by atoms with Crippen LogP contribution in [0.3, 0.4) is 0 Å². The predicted octanol–water partition coefficient (Wildman–Crippen LogP) is 1.88. The summed E-state index contributed by atoms with van der Waals surface area (Å²) in [6.45, 7) is 2.56. The fourth-order valence-electron chi connectivity index (χ4n) is 1.54. The molecule has 1 aromatic carbocycles. The van der Waals surface area contributed by atoms with E-state index < -0.39 is 5.97 Å². The second-order valence-electron chi connectivity index (χ2n) is 4.55. The molecule has 0 aliphatic rings. The molecule has 7 heteroatoms. The minimum absolute atomic E-state index is 0. The van der Waals surface area contributed by atoms with Crippen molar-refractivity contribution in [2.75, 3.05) is 32.6 Å². The van der Waals surface area contributed by atoms with Crippen LogP contribution in [0.4, 0.5) is 5.69 Å². The standard InChI is InChI=1S/C14H20N2O4.ClH/c1-4-20-14(19)11-6-5-10(9-12(11)17)15-13(18)7-8-16(2)3;/h5-6,9,17H,4,7-8H2,1-3H3,(H,15,18);1H. The zero-order valence-corrected chi connectivity index (χ0v) is 13.2. The van der Waals surface area contributed by atoms with Gasteiger partial charge in [0.05, 0.1) is 6.61 Å². The lowest BCUT2D eigenvalue weighted by molar-refractivity contribution is -0.116. The van der Waals surface area contributed by atoms with Crippen LogP contribution < -0.4 is 5.32 Å². The van der Waals surface area contributed by atoms with Crippen LogP contribution in [-0.2, 0) is 9.53 Å². The molecule has 0 unspecified atom stereocenters. The maximum atomic E-state index is 11.6. The first-order valence-corrected chi connectivity index (χ1v) is 6.38. The number of carbonyl (C=O) groups is 2. The van der Waals surface area contributed by atoms with Crippen LogP contribution in [0.5, 0.6) is 5.75 Å². The Hall–Kier alpha value is -1.79. The maximum absolute atomic E-state index is 11.6. The number of phenolic OH excluding ortho intramolecular Hbond substituents is 1. The van der Waals surface area contributed by atoms with Gasteiger partial charge in [0.15, 0.2) is 0 Å². The van der Waals surface area contributed by atoms with Crippen LogP contribution in [0.2, 0.25) is 0 Å². The molecule has 6 nitrogen and oxygen atoms in total. The van der Waals surface area contributed by atoms with Crippen molar-refractivity contribution in [2.45, 2.75) is 13.3 Å². The molecule has 0 fully saturated rings. The smallest absolute Gasteiger partial charge is 0.341 e. The van der Waals surface area contributed by atoms with Crippen LogP contribution in [0.1, 0.15) is 23.7 Å². The Morgan fingerprint density at radius 1 is 1.33 bits per heavy atom. The van der Waals surface area contributed by atoms with Crippen molar-refractivity contribution in [1.29, 1.82) is 0 Å². The summed E-state index contributed by atoms with van der Waals surface area (Å²) in [6, 6.07) is 4.31. The molecule has 0 radical (unpaired) electrons. The fourth-order valence-corrected chi connectivity index (χ4v) is 1.54. The summed E-state index contributed by atoms with van der Waals surface area (Å²) < 4.78 is 4.80. The molecule has 0 spiro atoms. The number of aromatic hydroxyl groups is 1. The molecule has 118 valence electrons. The van der Waals surface area contributed by atoms with Crippen LogP contribution in [0, 0.1) is 0 Å². The molecule has 1 rings (SSSR count). The van der Waals surface area contributed by atoms with E-state index in [9.17, 15) is 14.7 Å². The highest BCUT2D eigenvalue weighted by atomic mass is 35.5. The molecule has 0 aromatic heterocycles. The van der Waals surface area contributed by atoms with Crippen molar-refractivity contribution in [3.63, 3.8) is 0 Å². The highest BCUT2D eigenvalue weighted by Crippen LogP contribution is 2.22. The Morgan fingerprint density at radius 2 is 2.00 bits per heavy atom. The van der Waals surface area contributed by atoms with Gasteiger partial charge in [-0.05, 0) is 33.2 Å². The molecule has 0 atom stereocenters. The first-order valence-electron chi connectivity index (χ1n) is 6.38. The summed E-state index contributed by atoms with van der Waals surface area (Å²) in [4.78, 5) is 25.0. The van der Waals surface area contributed by atoms with Gasteiger partial charge in [-0.15, -0.1) is 12.4 Å². The lowest BCUT2D eigenvalue weighted by Gasteiger charge is -2.10. The van der Waals surface area contributed by atoms with Crippen LogP contribution in [0.25, 0.3) is 0 Å². The van der Waals surface area contributed by atoms with Gasteiger partial charge in [0, 0.05) is 24.7 Å². The quantitative estimate of drug-likeness (QED) is 0.783. The molecule has 0 aliphatic carbocycles. The lowest BCUT2D eigenvalue weighted by atomic mass is 10.2. The molecular weight excluding hydrogens is 296 g/mol. The molecule has 0 heterocycles. The first-order chi connectivity index (χ1) is 9.43. The van der Waals surface area contributed by atoms with Gasteiger partial charge in [-0.1, -0.05) is 0 Å². The fraction of sp³-hybridized carbons (Fsp3) is 0.429. The van der Waals surface area contributed by atoms with E-state index in [1.54, 1.807) is 13.0 Å². The number of benzene rings is 1. The second kappa shape index (κ2) is 9.20. The van der Waals surface area contributed by atoms with Gasteiger partial charge >= 0.3 is 5.97 Å². The summed E-state index contributed by atoms with van der Waals surface area (Å²) in [5.74, 6) is -0.952. The SMILES string of the molecule is CCOC(=O)c1ccc(NC(=O)CCN(C)C)cc1O.Cl. The first kappa shape index (κ1) is 19.2. The molecule has 0 saturated carbocycles. The number of phenols is 1. The van der Waals surface area contributed by atoms with E-state index in [0.717, 1.165) is 0 Å². The zero-order valence-electron chi connectivity index (χ0n) is 12.4. The Bertz CT molecular complexity index is 492. The third-order valence-electron chi connectivity index (χ3n) is 2.56. The topological polar surface area (TPSA) is 78.9 Å². The number of nitrogens with zero attached hydrogens (tertiary/aromatic N) is 1. The molecular formula is C14H21ClN2O4. The zero-order chi connectivity index (χ0) is 15.1. The van der Waals surface area contributed by atoms with Gasteiger partial charge in [0.25, 0.3) is 0 Å². The summed E-state index contributed by atoms with van der Waals surface area (Å²) in [5, 5.41) is 12.4. The van der Waals surface area contributed by atoms with E-state index in [0.29, 0.717) is 18.7 Å². The summed E-state index contributed by atoms with van der Waals surface area (Å²) >= 11 is 0. The van der Waals surface area contributed by atoms with E-state index in [4.69, 9.17) is 4.74 Å². The number of nitrogens with one attached hydrogen (secondary N) is 1. The van der Waals surface area contributed by atoms with Gasteiger partial charge in [-0.2, -0.15) is 0 Å². The van der Waals surface area contributed by atoms with Gasteiger partial charge in [-0.25, -0.2) is 4.79 Å². The number of anilines is 1. The second-order valence-corrected chi connectivity index (χ2v) is 4.55. The number of rotatable bonds is 6. The van der Waals surface area contributed by atoms with E-state index in [1.807, 2.05) is 19.0 Å².